The van der Waals surface area contributed by atoms with Crippen LogP contribution >= 0.6 is 0 Å². The van der Waals surface area contributed by atoms with Crippen LogP contribution < -0.4 is 4.74 Å². The fourth-order valence-electron chi connectivity index (χ4n) is 2.08. The summed E-state index contributed by atoms with van der Waals surface area (Å²) in [6.07, 6.45) is -5.48. The van der Waals surface area contributed by atoms with Crippen molar-refractivity contribution < 1.29 is 32.5 Å². The van der Waals surface area contributed by atoms with Gasteiger partial charge in [-0.25, -0.2) is 0 Å². The minimum absolute atomic E-state index is 0.102. The zero-order valence-corrected chi connectivity index (χ0v) is 9.68. The van der Waals surface area contributed by atoms with Gasteiger partial charge in [0.2, 0.25) is 0 Å². The molecular weight excluding hydrogens is 265 g/mol. The second kappa shape index (κ2) is 5.08. The van der Waals surface area contributed by atoms with Crippen LogP contribution in [0.1, 0.15) is 18.1 Å². The Labute approximate surface area is 106 Å². The standard InChI is InChI=1S/C12H11F3O4/c13-12(14,15)19-9-4-2-1-3-7(9)10-8(11(16)17)5-6-18-10/h1-4,8,10H,5-6H2,(H,16,17). The lowest BCUT2D eigenvalue weighted by molar-refractivity contribution is -0.275. The molecule has 104 valence electrons. The van der Waals surface area contributed by atoms with E-state index in [0.29, 0.717) is 0 Å². The molecule has 1 aliphatic heterocycles. The number of carboxylic acids is 1. The molecule has 2 atom stereocenters. The van der Waals surface area contributed by atoms with Crippen LogP contribution in [0.2, 0.25) is 0 Å². The van der Waals surface area contributed by atoms with Crippen molar-refractivity contribution in [2.45, 2.75) is 18.9 Å². The van der Waals surface area contributed by atoms with Gasteiger partial charge < -0.3 is 14.6 Å². The number of benzene rings is 1. The van der Waals surface area contributed by atoms with E-state index in [1.807, 2.05) is 0 Å². The molecule has 0 saturated carbocycles. The zero-order chi connectivity index (χ0) is 14.0. The van der Waals surface area contributed by atoms with Crippen LogP contribution in [0, 0.1) is 5.92 Å². The minimum Gasteiger partial charge on any atom is -0.481 e. The van der Waals surface area contributed by atoms with E-state index in [0.717, 1.165) is 6.07 Å². The third kappa shape index (κ3) is 3.17. The summed E-state index contributed by atoms with van der Waals surface area (Å²) in [7, 11) is 0. The summed E-state index contributed by atoms with van der Waals surface area (Å²) in [5.41, 5.74) is 0.102. The molecule has 0 spiro atoms. The summed E-state index contributed by atoms with van der Waals surface area (Å²) < 4.78 is 46.0. The first-order chi connectivity index (χ1) is 8.88. The molecule has 1 saturated heterocycles. The lowest BCUT2D eigenvalue weighted by atomic mass is 9.95. The normalized spacial score (nSPS) is 23.3. The van der Waals surface area contributed by atoms with Crippen molar-refractivity contribution in [3.8, 4) is 5.75 Å². The van der Waals surface area contributed by atoms with Gasteiger partial charge in [0.05, 0.1) is 12.0 Å². The van der Waals surface area contributed by atoms with Crippen molar-refractivity contribution in [2.24, 2.45) is 5.92 Å². The molecule has 0 bridgehead atoms. The summed E-state index contributed by atoms with van der Waals surface area (Å²) in [4.78, 5) is 11.0. The van der Waals surface area contributed by atoms with Crippen LogP contribution in [0.4, 0.5) is 13.2 Å². The number of carbonyl (C=O) groups is 1. The quantitative estimate of drug-likeness (QED) is 0.922. The molecule has 2 unspecified atom stereocenters. The van der Waals surface area contributed by atoms with Crippen molar-refractivity contribution in [1.82, 2.24) is 0 Å². The first-order valence-corrected chi connectivity index (χ1v) is 5.57. The van der Waals surface area contributed by atoms with Crippen molar-refractivity contribution in [3.63, 3.8) is 0 Å². The average Bonchev–Trinajstić information content (AvgIpc) is 2.76. The molecule has 19 heavy (non-hydrogen) atoms. The Bertz CT molecular complexity index is 472. The fourth-order valence-corrected chi connectivity index (χ4v) is 2.08. The summed E-state index contributed by atoms with van der Waals surface area (Å²) in [5.74, 6) is -2.38. The van der Waals surface area contributed by atoms with Crippen molar-refractivity contribution in [1.29, 1.82) is 0 Å². The van der Waals surface area contributed by atoms with Crippen LogP contribution in [0.25, 0.3) is 0 Å². The van der Waals surface area contributed by atoms with Crippen molar-refractivity contribution in [3.05, 3.63) is 29.8 Å². The highest BCUT2D eigenvalue weighted by Crippen LogP contribution is 2.40. The van der Waals surface area contributed by atoms with Gasteiger partial charge in [-0.05, 0) is 12.5 Å². The molecule has 0 aromatic heterocycles. The topological polar surface area (TPSA) is 55.8 Å². The summed E-state index contributed by atoms with van der Waals surface area (Å²) in [6.45, 7) is 0.196. The first kappa shape index (κ1) is 13.7. The molecule has 4 nitrogen and oxygen atoms in total. The number of ether oxygens (including phenoxy) is 2. The Morgan fingerprint density at radius 2 is 2.05 bits per heavy atom. The van der Waals surface area contributed by atoms with E-state index in [4.69, 9.17) is 9.84 Å². The molecule has 1 heterocycles. The van der Waals surface area contributed by atoms with Gasteiger partial charge >= 0.3 is 12.3 Å². The number of alkyl halides is 3. The second-order valence-corrected chi connectivity index (χ2v) is 4.11. The van der Waals surface area contributed by atoms with Gasteiger partial charge in [0.25, 0.3) is 0 Å². The lowest BCUT2D eigenvalue weighted by Crippen LogP contribution is -2.21. The highest BCUT2D eigenvalue weighted by molar-refractivity contribution is 5.71. The summed E-state index contributed by atoms with van der Waals surface area (Å²) in [6, 6.07) is 5.42. The smallest absolute Gasteiger partial charge is 0.481 e. The first-order valence-electron chi connectivity index (χ1n) is 5.57. The Kier molecular flexibility index (Phi) is 3.66. The third-order valence-corrected chi connectivity index (χ3v) is 2.86. The maximum atomic E-state index is 12.3. The van der Waals surface area contributed by atoms with Crippen molar-refractivity contribution >= 4 is 5.97 Å². The average molecular weight is 276 g/mol. The number of hydrogen-bond donors (Lipinski definition) is 1. The van der Waals surface area contributed by atoms with Crippen LogP contribution in [0.5, 0.6) is 5.75 Å². The largest absolute Gasteiger partial charge is 0.573 e. The SMILES string of the molecule is O=C(O)C1CCOC1c1ccccc1OC(F)(F)F. The fraction of sp³-hybridized carbons (Fsp3) is 0.417. The predicted octanol–water partition coefficient (Wildman–Crippen LogP) is 2.75. The lowest BCUT2D eigenvalue weighted by Gasteiger charge is -2.19. The van der Waals surface area contributed by atoms with Crippen molar-refractivity contribution in [2.75, 3.05) is 6.61 Å². The Morgan fingerprint density at radius 1 is 1.37 bits per heavy atom. The van der Waals surface area contributed by atoms with Gasteiger partial charge in [0, 0.05) is 12.2 Å². The van der Waals surface area contributed by atoms with Gasteiger partial charge in [-0.2, -0.15) is 0 Å². The monoisotopic (exact) mass is 276 g/mol. The third-order valence-electron chi connectivity index (χ3n) is 2.86. The van der Waals surface area contributed by atoms with Gasteiger partial charge in [0.1, 0.15) is 5.75 Å². The van der Waals surface area contributed by atoms with Gasteiger partial charge in [0.15, 0.2) is 0 Å². The van der Waals surface area contributed by atoms with Crippen LogP contribution in [-0.4, -0.2) is 24.0 Å². The molecule has 7 heteroatoms. The van der Waals surface area contributed by atoms with Crippen LogP contribution in [0.3, 0.4) is 0 Å². The molecule has 0 amide bonds. The number of halogens is 3. The second-order valence-electron chi connectivity index (χ2n) is 4.11. The number of rotatable bonds is 3. The molecule has 0 radical (unpaired) electrons. The molecule has 1 aromatic rings. The molecule has 1 fully saturated rings. The zero-order valence-electron chi connectivity index (χ0n) is 9.68. The number of para-hydroxylation sites is 1. The molecule has 1 aliphatic rings. The maximum absolute atomic E-state index is 12.3. The number of hydrogen-bond acceptors (Lipinski definition) is 3. The molecular formula is C12H11F3O4. The minimum atomic E-state index is -4.83. The van der Waals surface area contributed by atoms with Gasteiger partial charge in [-0.1, -0.05) is 18.2 Å². The van der Waals surface area contributed by atoms with Gasteiger partial charge in [-0.15, -0.1) is 13.2 Å². The molecule has 1 N–H and O–H groups in total. The molecule has 0 aliphatic carbocycles. The van der Waals surface area contributed by atoms with Crippen LogP contribution in [-0.2, 0) is 9.53 Å². The van der Waals surface area contributed by atoms with Crippen LogP contribution in [0.15, 0.2) is 24.3 Å². The molecule has 1 aromatic carbocycles. The molecule has 2 rings (SSSR count). The van der Waals surface area contributed by atoms with E-state index in [-0.39, 0.29) is 18.6 Å². The summed E-state index contributed by atoms with van der Waals surface area (Å²) in [5, 5.41) is 9.03. The van der Waals surface area contributed by atoms with E-state index in [2.05, 4.69) is 4.74 Å². The summed E-state index contributed by atoms with van der Waals surface area (Å²) >= 11 is 0. The van der Waals surface area contributed by atoms with E-state index in [1.54, 1.807) is 0 Å². The Hall–Kier alpha value is -1.76. The van der Waals surface area contributed by atoms with E-state index < -0.39 is 30.1 Å². The number of aliphatic carboxylic acids is 1. The Morgan fingerprint density at radius 3 is 2.68 bits per heavy atom. The predicted molar refractivity (Wildman–Crippen MR) is 57.6 cm³/mol. The van der Waals surface area contributed by atoms with Gasteiger partial charge in [-0.3, -0.25) is 4.79 Å². The highest BCUT2D eigenvalue weighted by Gasteiger charge is 2.39. The Balaban J connectivity index is 2.31. The maximum Gasteiger partial charge on any atom is 0.573 e. The number of carboxylic acid groups (broad SMARTS) is 1. The van der Waals surface area contributed by atoms with E-state index in [1.165, 1.54) is 18.2 Å². The van der Waals surface area contributed by atoms with E-state index in [9.17, 15) is 18.0 Å². The highest BCUT2D eigenvalue weighted by atomic mass is 19.4. The van der Waals surface area contributed by atoms with E-state index >= 15 is 0 Å².